The smallest absolute Gasteiger partial charge is 0.217 e. The second-order valence-corrected chi connectivity index (χ2v) is 8.86. The summed E-state index contributed by atoms with van der Waals surface area (Å²) in [5.74, 6) is 0.708. The second-order valence-electron chi connectivity index (χ2n) is 5.20. The number of sulfone groups is 1. The van der Waals surface area contributed by atoms with Crippen molar-refractivity contribution in [3.05, 3.63) is 68.0 Å². The highest BCUT2D eigenvalue weighted by molar-refractivity contribution is 9.11. The van der Waals surface area contributed by atoms with Crippen LogP contribution in [0.25, 0.3) is 11.6 Å². The maximum atomic E-state index is 12.9. The molecule has 0 aliphatic carbocycles. The molecule has 2 aromatic heterocycles. The number of imidazole rings is 1. The molecule has 3 rings (SSSR count). The van der Waals surface area contributed by atoms with E-state index in [1.54, 1.807) is 18.2 Å². The van der Waals surface area contributed by atoms with Crippen LogP contribution in [0.5, 0.6) is 0 Å². The van der Waals surface area contributed by atoms with E-state index in [0.29, 0.717) is 20.5 Å². The Morgan fingerprint density at radius 1 is 1.28 bits per heavy atom. The molecule has 0 bridgehead atoms. The molecule has 0 saturated carbocycles. The van der Waals surface area contributed by atoms with E-state index in [1.165, 1.54) is 12.1 Å². The van der Waals surface area contributed by atoms with Gasteiger partial charge in [0.2, 0.25) is 9.84 Å². The van der Waals surface area contributed by atoms with E-state index in [4.69, 9.17) is 0 Å². The van der Waals surface area contributed by atoms with Crippen LogP contribution >= 0.6 is 31.9 Å². The van der Waals surface area contributed by atoms with Gasteiger partial charge in [0.25, 0.3) is 0 Å². The average molecular weight is 481 g/mol. The fourth-order valence-corrected chi connectivity index (χ4v) is 5.05. The molecule has 5 nitrogen and oxygen atoms in total. The first-order valence-corrected chi connectivity index (χ1v) is 10.2. The van der Waals surface area contributed by atoms with Crippen LogP contribution in [0.1, 0.15) is 11.5 Å². The minimum Gasteiger partial charge on any atom is -0.303 e. The third-order valence-electron chi connectivity index (χ3n) is 3.60. The number of rotatable bonds is 3. The fraction of sp³-hybridized carbons (Fsp3) is 0.0588. The van der Waals surface area contributed by atoms with E-state index in [2.05, 4.69) is 36.8 Å². The third kappa shape index (κ3) is 3.27. The molecule has 25 heavy (non-hydrogen) atoms. The lowest BCUT2D eigenvalue weighted by Gasteiger charge is -2.06. The van der Waals surface area contributed by atoms with Crippen LogP contribution in [-0.2, 0) is 9.84 Å². The zero-order valence-electron chi connectivity index (χ0n) is 12.9. The Kier molecular flexibility index (Phi) is 4.82. The Morgan fingerprint density at radius 3 is 2.76 bits per heavy atom. The van der Waals surface area contributed by atoms with Crippen LogP contribution in [0.3, 0.4) is 0 Å². The molecule has 0 fully saturated rings. The van der Waals surface area contributed by atoms with Crippen molar-refractivity contribution < 1.29 is 8.42 Å². The van der Waals surface area contributed by atoms with Gasteiger partial charge in [-0.2, -0.15) is 5.26 Å². The van der Waals surface area contributed by atoms with E-state index >= 15 is 0 Å². The largest absolute Gasteiger partial charge is 0.303 e. The van der Waals surface area contributed by atoms with Crippen molar-refractivity contribution in [2.24, 2.45) is 0 Å². The number of benzene rings is 1. The third-order valence-corrected chi connectivity index (χ3v) is 6.76. The summed E-state index contributed by atoms with van der Waals surface area (Å²) < 4.78 is 28.6. The molecule has 8 heteroatoms. The van der Waals surface area contributed by atoms with Crippen LogP contribution in [0, 0.1) is 18.3 Å². The number of nitrogens with zero attached hydrogens (tertiary/aromatic N) is 3. The Balaban J connectivity index is 2.21. The van der Waals surface area contributed by atoms with Crippen molar-refractivity contribution in [2.45, 2.75) is 11.8 Å². The van der Waals surface area contributed by atoms with Crippen LogP contribution < -0.4 is 0 Å². The number of pyridine rings is 1. The summed E-state index contributed by atoms with van der Waals surface area (Å²) in [5, 5.41) is 9.46. The quantitative estimate of drug-likeness (QED) is 0.517. The summed E-state index contributed by atoms with van der Waals surface area (Å²) in [4.78, 5) is 4.03. The Morgan fingerprint density at radius 2 is 2.04 bits per heavy atom. The summed E-state index contributed by atoms with van der Waals surface area (Å²) in [6.45, 7) is 1.82. The van der Waals surface area contributed by atoms with Gasteiger partial charge in [0.15, 0.2) is 4.91 Å². The summed E-state index contributed by atoms with van der Waals surface area (Å²) >= 11 is 6.50. The normalized spacial score (nSPS) is 12.3. The van der Waals surface area contributed by atoms with E-state index < -0.39 is 9.84 Å². The van der Waals surface area contributed by atoms with Crippen LogP contribution in [0.4, 0.5) is 0 Å². The van der Waals surface area contributed by atoms with E-state index in [-0.39, 0.29) is 9.80 Å². The lowest BCUT2D eigenvalue weighted by Crippen LogP contribution is -2.04. The predicted octanol–water partition coefficient (Wildman–Crippen LogP) is 4.51. The molecule has 0 amide bonds. The Hall–Kier alpha value is -1.95. The minimum absolute atomic E-state index is 0.0231. The monoisotopic (exact) mass is 479 g/mol. The number of halogens is 2. The lowest BCUT2D eigenvalue weighted by molar-refractivity contribution is 0.603. The van der Waals surface area contributed by atoms with Gasteiger partial charge in [0.1, 0.15) is 11.9 Å². The molecule has 2 heterocycles. The topological polar surface area (TPSA) is 75.2 Å². The first kappa shape index (κ1) is 17.9. The first-order chi connectivity index (χ1) is 11.8. The minimum atomic E-state index is -3.99. The maximum Gasteiger partial charge on any atom is 0.217 e. The van der Waals surface area contributed by atoms with Crippen molar-refractivity contribution in [1.29, 1.82) is 5.26 Å². The molecule has 126 valence electrons. The Bertz CT molecular complexity index is 1160. The molecule has 0 saturated heterocycles. The zero-order valence-corrected chi connectivity index (χ0v) is 16.9. The molecule has 0 radical (unpaired) electrons. The molecule has 0 aliphatic rings. The van der Waals surface area contributed by atoms with Crippen LogP contribution in [-0.4, -0.2) is 17.8 Å². The van der Waals surface area contributed by atoms with Gasteiger partial charge in [-0.3, -0.25) is 0 Å². The molecule has 0 spiro atoms. The number of allylic oxidation sites excluding steroid dienone is 1. The van der Waals surface area contributed by atoms with Gasteiger partial charge in [-0.15, -0.1) is 0 Å². The maximum absolute atomic E-state index is 12.9. The SMILES string of the molecule is Cc1nc(/C=C(\C#N)S(=O)(=O)c2cc(Br)ccc2Br)c2ccccn12. The van der Waals surface area contributed by atoms with Crippen molar-refractivity contribution >= 4 is 53.3 Å². The van der Waals surface area contributed by atoms with Gasteiger partial charge in [0, 0.05) is 15.1 Å². The molecule has 3 aromatic rings. The number of aryl methyl sites for hydroxylation is 1. The molecular formula is C17H11Br2N3O2S. The summed E-state index contributed by atoms with van der Waals surface area (Å²) in [6, 6.07) is 12.1. The van der Waals surface area contributed by atoms with Gasteiger partial charge >= 0.3 is 0 Å². The number of fused-ring (bicyclic) bond motifs is 1. The molecule has 0 unspecified atom stereocenters. The van der Waals surface area contributed by atoms with Crippen molar-refractivity contribution in [2.75, 3.05) is 0 Å². The number of aromatic nitrogens is 2. The van der Waals surface area contributed by atoms with Gasteiger partial charge in [-0.05, 0) is 59.3 Å². The van der Waals surface area contributed by atoms with Crippen molar-refractivity contribution in [3.63, 3.8) is 0 Å². The summed E-state index contributed by atoms with van der Waals surface area (Å²) in [7, 11) is -3.99. The highest BCUT2D eigenvalue weighted by Gasteiger charge is 2.24. The van der Waals surface area contributed by atoms with Gasteiger partial charge < -0.3 is 4.40 Å². The fourth-order valence-electron chi connectivity index (χ4n) is 2.42. The Labute approximate surface area is 161 Å². The van der Waals surface area contributed by atoms with E-state index in [0.717, 1.165) is 5.52 Å². The molecule has 0 aliphatic heterocycles. The molecule has 1 aromatic carbocycles. The lowest BCUT2D eigenvalue weighted by atomic mass is 10.3. The first-order valence-electron chi connectivity index (χ1n) is 7.10. The second kappa shape index (κ2) is 6.75. The van der Waals surface area contributed by atoms with Crippen LogP contribution in [0.15, 0.2) is 61.3 Å². The van der Waals surface area contributed by atoms with Gasteiger partial charge in [-0.25, -0.2) is 13.4 Å². The number of hydrogen-bond donors (Lipinski definition) is 0. The van der Waals surface area contributed by atoms with E-state index in [9.17, 15) is 13.7 Å². The zero-order chi connectivity index (χ0) is 18.2. The molecular weight excluding hydrogens is 470 g/mol. The standard InChI is InChI=1S/C17H11Br2N3O2S/c1-11-21-15(16-4-2-3-7-22(11)16)9-13(10-20)25(23,24)17-8-12(18)5-6-14(17)19/h2-9H,1H3/b13-9+. The highest BCUT2D eigenvalue weighted by Crippen LogP contribution is 2.31. The number of nitriles is 1. The predicted molar refractivity (Wildman–Crippen MR) is 103 cm³/mol. The van der Waals surface area contributed by atoms with Crippen molar-refractivity contribution in [1.82, 2.24) is 9.38 Å². The van der Waals surface area contributed by atoms with Gasteiger partial charge in [-0.1, -0.05) is 22.0 Å². The number of hydrogen-bond acceptors (Lipinski definition) is 4. The van der Waals surface area contributed by atoms with E-state index in [1.807, 2.05) is 35.7 Å². The average Bonchev–Trinajstić information content (AvgIpc) is 2.91. The molecule has 0 N–H and O–H groups in total. The summed E-state index contributed by atoms with van der Waals surface area (Å²) in [6.07, 6.45) is 3.14. The summed E-state index contributed by atoms with van der Waals surface area (Å²) in [5.41, 5.74) is 1.17. The molecule has 0 atom stereocenters. The highest BCUT2D eigenvalue weighted by atomic mass is 79.9. The van der Waals surface area contributed by atoms with Crippen molar-refractivity contribution in [3.8, 4) is 6.07 Å². The van der Waals surface area contributed by atoms with Gasteiger partial charge in [0.05, 0.1) is 16.1 Å². The van der Waals surface area contributed by atoms with Crippen LogP contribution in [0.2, 0.25) is 0 Å².